The Morgan fingerprint density at radius 1 is 0.361 bits per heavy atom. The van der Waals surface area contributed by atoms with E-state index in [0.717, 1.165) is 5.69 Å². The molecule has 11 aromatic rings. The summed E-state index contributed by atoms with van der Waals surface area (Å²) in [4.78, 5) is 2.55. The maximum absolute atomic E-state index is 3.20. The Morgan fingerprint density at radius 3 is 1.49 bits per heavy atom. The van der Waals surface area contributed by atoms with Crippen LogP contribution in [0.25, 0.3) is 66.1 Å². The van der Waals surface area contributed by atoms with Gasteiger partial charge in [0.2, 0.25) is 0 Å². The smallest absolute Gasteiger partial charge is 0.252 e. The molecule has 0 aliphatic carbocycles. The second-order valence-electron chi connectivity index (χ2n) is 31.5. The fraction of sp³-hybridized carbons (Fsp3) is 0.308. The summed E-state index contributed by atoms with van der Waals surface area (Å²) < 4.78 is 5.59. The molecule has 4 aliphatic heterocycles. The van der Waals surface area contributed by atoms with Gasteiger partial charge in [0.05, 0.1) is 22.2 Å². The van der Waals surface area contributed by atoms with E-state index in [1.165, 1.54) is 132 Å². The van der Waals surface area contributed by atoms with E-state index < -0.39 is 8.07 Å². The van der Waals surface area contributed by atoms with Crippen LogP contribution in [0.1, 0.15) is 158 Å². The van der Waals surface area contributed by atoms with Crippen LogP contribution in [0.5, 0.6) is 0 Å². The van der Waals surface area contributed by atoms with Crippen LogP contribution < -0.4 is 42.0 Å². The third-order valence-electron chi connectivity index (χ3n) is 20.0. The van der Waals surface area contributed by atoms with E-state index in [4.69, 9.17) is 0 Å². The van der Waals surface area contributed by atoms with Gasteiger partial charge < -0.3 is 14.0 Å². The van der Waals surface area contributed by atoms with Gasteiger partial charge in [-0.15, -0.1) is 0 Å². The van der Waals surface area contributed by atoms with Crippen molar-refractivity contribution in [2.75, 3.05) is 4.90 Å². The first-order valence-corrected chi connectivity index (χ1v) is 32.7. The molecule has 0 N–H and O–H groups in total. The summed E-state index contributed by atoms with van der Waals surface area (Å²) in [5.41, 5.74) is 26.6. The highest BCUT2D eigenvalue weighted by Gasteiger charge is 2.57. The van der Waals surface area contributed by atoms with Crippen LogP contribution in [-0.4, -0.2) is 23.9 Å². The number of nitrogens with zero attached hydrogens (tertiary/aromatic N) is 3. The summed E-state index contributed by atoms with van der Waals surface area (Å²) in [6, 6.07) is 64.1. The van der Waals surface area contributed by atoms with Gasteiger partial charge in [0.15, 0.2) is 8.07 Å². The largest absolute Gasteiger partial charge is 0.310 e. The molecular formula is C78H80BN3Si. The fourth-order valence-corrected chi connectivity index (χ4v) is 21.0. The SMILES string of the molecule is CC(C)(C)c1cccc(N(c2ccccc2)c2ccc3c4c2c2ccc(C(C)(C)C)cc2n4-c2ccc4c5c2B3c2cc(C(C)(C)C)cc3c6cc(C(C)(C)C)cc(c6n-5c23)[Si]42c3cc(C(C)(C)C)ccc3-c3ccc(C(C)(C)C)cc32)c1. The number of fused-ring (bicyclic) bond motifs is 14. The Bertz CT molecular complexity index is 4610. The van der Waals surface area contributed by atoms with Crippen molar-refractivity contribution in [3.8, 4) is 22.5 Å². The molecule has 0 saturated carbocycles. The molecule has 0 bridgehead atoms. The number of hydrogen-bond donors (Lipinski definition) is 0. The first-order chi connectivity index (χ1) is 39.0. The van der Waals surface area contributed by atoms with Crippen LogP contribution in [-0.2, 0) is 32.5 Å². The molecule has 0 atom stereocenters. The minimum Gasteiger partial charge on any atom is -0.310 e. The predicted molar refractivity (Wildman–Crippen MR) is 363 cm³/mol. The Kier molecular flexibility index (Phi) is 10.4. The minimum atomic E-state index is -3.20. The number of anilines is 3. The summed E-state index contributed by atoms with van der Waals surface area (Å²) in [6.07, 6.45) is 0. The van der Waals surface area contributed by atoms with E-state index in [1.807, 2.05) is 0 Å². The first-order valence-electron chi connectivity index (χ1n) is 30.7. The summed E-state index contributed by atoms with van der Waals surface area (Å²) in [7, 11) is -3.20. The summed E-state index contributed by atoms with van der Waals surface area (Å²) in [5.74, 6) is 0. The van der Waals surface area contributed by atoms with Crippen LogP contribution in [0.15, 0.2) is 158 Å². The van der Waals surface area contributed by atoms with Gasteiger partial charge in [0.1, 0.15) is 0 Å². The van der Waals surface area contributed by atoms with Crippen molar-refractivity contribution < 1.29 is 0 Å². The summed E-state index contributed by atoms with van der Waals surface area (Å²) in [6.45, 7) is 43.0. The lowest BCUT2D eigenvalue weighted by atomic mass is 9.34. The molecule has 6 heterocycles. The zero-order chi connectivity index (χ0) is 58.4. The Hall–Kier alpha value is -7.34. The van der Waals surface area contributed by atoms with E-state index in [-0.39, 0.29) is 39.2 Å². The van der Waals surface area contributed by atoms with E-state index in [1.54, 1.807) is 15.6 Å². The maximum Gasteiger partial charge on any atom is 0.252 e. The van der Waals surface area contributed by atoms with Gasteiger partial charge in [-0.05, 0) is 169 Å². The zero-order valence-electron chi connectivity index (χ0n) is 52.4. The summed E-state index contributed by atoms with van der Waals surface area (Å²) >= 11 is 0. The summed E-state index contributed by atoms with van der Waals surface area (Å²) in [5, 5.41) is 11.5. The number of aromatic nitrogens is 2. The third kappa shape index (κ3) is 7.10. The van der Waals surface area contributed by atoms with E-state index in [2.05, 4.69) is 296 Å². The molecule has 0 amide bonds. The van der Waals surface area contributed by atoms with Gasteiger partial charge in [0, 0.05) is 49.8 Å². The van der Waals surface area contributed by atoms with Crippen molar-refractivity contribution in [1.82, 2.24) is 9.13 Å². The van der Waals surface area contributed by atoms with Crippen molar-refractivity contribution in [3.63, 3.8) is 0 Å². The molecule has 0 radical (unpaired) electrons. The molecule has 83 heavy (non-hydrogen) atoms. The van der Waals surface area contributed by atoms with Gasteiger partial charge in [-0.3, -0.25) is 0 Å². The minimum absolute atomic E-state index is 0.0279. The van der Waals surface area contributed by atoms with Crippen molar-refractivity contribution in [2.45, 2.75) is 157 Å². The second kappa shape index (κ2) is 16.5. The van der Waals surface area contributed by atoms with Crippen LogP contribution in [0.4, 0.5) is 17.1 Å². The molecule has 0 unspecified atom stereocenters. The van der Waals surface area contributed by atoms with Gasteiger partial charge in [-0.25, -0.2) is 0 Å². The first kappa shape index (κ1) is 52.5. The lowest BCUT2D eigenvalue weighted by Crippen LogP contribution is -2.77. The average molecular weight is 1100 g/mol. The van der Waals surface area contributed by atoms with Crippen LogP contribution in [0, 0.1) is 0 Å². The van der Waals surface area contributed by atoms with Gasteiger partial charge in [0.25, 0.3) is 6.71 Å². The molecule has 1 spiro atoms. The van der Waals surface area contributed by atoms with E-state index in [0.29, 0.717) is 0 Å². The lowest BCUT2D eigenvalue weighted by molar-refractivity contribution is 0.590. The third-order valence-corrected chi connectivity index (χ3v) is 24.8. The molecule has 3 nitrogen and oxygen atoms in total. The molecule has 4 aliphatic rings. The number of rotatable bonds is 3. The Balaban J connectivity index is 1.17. The fourth-order valence-electron chi connectivity index (χ4n) is 15.4. The second-order valence-corrected chi connectivity index (χ2v) is 35.2. The van der Waals surface area contributed by atoms with Crippen LogP contribution >= 0.6 is 0 Å². The number of hydrogen-bond acceptors (Lipinski definition) is 1. The normalized spacial score (nSPS) is 14.9. The van der Waals surface area contributed by atoms with Crippen LogP contribution in [0.2, 0.25) is 0 Å². The zero-order valence-corrected chi connectivity index (χ0v) is 53.4. The monoisotopic (exact) mass is 1100 g/mol. The van der Waals surface area contributed by atoms with Gasteiger partial charge in [-0.1, -0.05) is 228 Å². The van der Waals surface area contributed by atoms with Crippen molar-refractivity contribution >= 4 is 113 Å². The maximum atomic E-state index is 2.85. The van der Waals surface area contributed by atoms with E-state index in [9.17, 15) is 0 Å². The molecule has 414 valence electrons. The van der Waals surface area contributed by atoms with Gasteiger partial charge in [-0.2, -0.15) is 0 Å². The molecule has 9 aromatic carbocycles. The topological polar surface area (TPSA) is 13.1 Å². The van der Waals surface area contributed by atoms with E-state index >= 15 is 0 Å². The Labute approximate surface area is 494 Å². The highest BCUT2D eigenvalue weighted by Crippen LogP contribution is 2.49. The molecular weight excluding hydrogens is 1020 g/mol. The standard InChI is InChI=1S/C78H80BN3Si/c1-73(2,3)45-23-22-26-52(37-45)80(51-24-20-19-21-25-51)60-34-33-58-71-67(60)55-32-29-46(74(4,5)6)41-62(55)81(71)61-35-36-63-72-68(61)79(58)59-40-49(77(13,14)15)38-56-57-39-50(78(16,17)18)44-66(70(57)82(72)69(56)59)83(63)64-42-47(75(7,8)9)27-30-53(64)54-31-28-48(43-65(54)83)76(10,11)12/h19-44H,1-18H3. The van der Waals surface area contributed by atoms with Gasteiger partial charge >= 0.3 is 0 Å². The molecule has 2 aromatic heterocycles. The highest BCUT2D eigenvalue weighted by atomic mass is 28.3. The van der Waals surface area contributed by atoms with Crippen LogP contribution in [0.3, 0.4) is 0 Å². The molecule has 5 heteroatoms. The Morgan fingerprint density at radius 2 is 0.892 bits per heavy atom. The molecule has 15 rings (SSSR count). The number of benzene rings is 9. The highest BCUT2D eigenvalue weighted by molar-refractivity contribution is 7.24. The predicted octanol–water partition coefficient (Wildman–Crippen LogP) is 15.9. The average Bonchev–Trinajstić information content (AvgIpc) is 1.57. The molecule has 0 saturated heterocycles. The molecule has 0 fully saturated rings. The lowest BCUT2D eigenvalue weighted by Gasteiger charge is -2.43. The van der Waals surface area contributed by atoms with Crippen molar-refractivity contribution in [3.05, 3.63) is 191 Å². The number of para-hydroxylation sites is 1. The van der Waals surface area contributed by atoms with Crippen molar-refractivity contribution in [2.24, 2.45) is 0 Å². The van der Waals surface area contributed by atoms with Crippen molar-refractivity contribution in [1.29, 1.82) is 0 Å². The quantitative estimate of drug-likeness (QED) is 0.161.